The average molecular weight is 283 g/mol. The monoisotopic (exact) mass is 283 g/mol. The molecule has 1 amide bonds. The normalized spacial score (nSPS) is 11.0. The van der Waals surface area contributed by atoms with Gasteiger partial charge in [-0.1, -0.05) is 36.4 Å². The molecule has 0 heterocycles. The molecular formula is C16H13NO4. The maximum absolute atomic E-state index is 12.0. The molecule has 3 N–H and O–H groups in total. The molecule has 106 valence electrons. The van der Waals surface area contributed by atoms with Crippen LogP contribution in [0.1, 0.15) is 15.9 Å². The van der Waals surface area contributed by atoms with Gasteiger partial charge in [0.1, 0.15) is 11.4 Å². The number of hydrogen-bond donors (Lipinski definition) is 3. The smallest absolute Gasteiger partial charge is 0.352 e. The molecule has 0 saturated carbocycles. The lowest BCUT2D eigenvalue weighted by Crippen LogP contribution is -2.27. The summed E-state index contributed by atoms with van der Waals surface area (Å²) < 4.78 is 0. The van der Waals surface area contributed by atoms with Crippen molar-refractivity contribution in [1.82, 2.24) is 5.32 Å². The van der Waals surface area contributed by atoms with E-state index in [1.54, 1.807) is 48.5 Å². The lowest BCUT2D eigenvalue weighted by atomic mass is 10.1. The van der Waals surface area contributed by atoms with Gasteiger partial charge in [0.25, 0.3) is 5.91 Å². The summed E-state index contributed by atoms with van der Waals surface area (Å²) in [6, 6.07) is 14.5. The van der Waals surface area contributed by atoms with Crippen LogP contribution in [-0.4, -0.2) is 22.1 Å². The first kappa shape index (κ1) is 14.3. The van der Waals surface area contributed by atoms with E-state index in [2.05, 4.69) is 5.32 Å². The van der Waals surface area contributed by atoms with E-state index in [4.69, 9.17) is 5.11 Å². The van der Waals surface area contributed by atoms with E-state index < -0.39 is 11.9 Å². The molecule has 0 fully saturated rings. The Bertz CT molecular complexity index is 692. The predicted octanol–water partition coefficient (Wildman–Crippen LogP) is 2.25. The zero-order chi connectivity index (χ0) is 15.2. The Kier molecular flexibility index (Phi) is 4.36. The molecule has 5 nitrogen and oxygen atoms in total. The summed E-state index contributed by atoms with van der Waals surface area (Å²) in [5, 5.41) is 21.1. The summed E-state index contributed by atoms with van der Waals surface area (Å²) in [5.41, 5.74) is 0.343. The molecule has 0 aromatic heterocycles. The molecule has 21 heavy (non-hydrogen) atoms. The van der Waals surface area contributed by atoms with E-state index in [0.29, 0.717) is 11.1 Å². The molecule has 0 aliphatic rings. The molecule has 0 radical (unpaired) electrons. The molecule has 0 unspecified atom stereocenters. The van der Waals surface area contributed by atoms with Crippen LogP contribution < -0.4 is 5.32 Å². The van der Waals surface area contributed by atoms with Crippen LogP contribution in [0.4, 0.5) is 0 Å². The molecule has 0 aliphatic heterocycles. The zero-order valence-electron chi connectivity index (χ0n) is 11.0. The fraction of sp³-hybridized carbons (Fsp3) is 0. The second-order valence-corrected chi connectivity index (χ2v) is 4.24. The van der Waals surface area contributed by atoms with Crippen molar-refractivity contribution in [3.05, 3.63) is 71.4 Å². The number of phenolic OH excluding ortho intramolecular Hbond substituents is 1. The number of carboxylic acids is 1. The molecule has 0 saturated heterocycles. The highest BCUT2D eigenvalue weighted by molar-refractivity contribution is 6.02. The van der Waals surface area contributed by atoms with Gasteiger partial charge in [-0.25, -0.2) is 4.79 Å². The Morgan fingerprint density at radius 3 is 2.19 bits per heavy atom. The predicted molar refractivity (Wildman–Crippen MR) is 77.6 cm³/mol. The minimum absolute atomic E-state index is 0.0646. The summed E-state index contributed by atoms with van der Waals surface area (Å²) >= 11 is 0. The van der Waals surface area contributed by atoms with Crippen molar-refractivity contribution in [1.29, 1.82) is 0 Å². The SMILES string of the molecule is O=C(O)C(=Cc1ccccc1O)NC(=O)c1ccccc1. The summed E-state index contributed by atoms with van der Waals surface area (Å²) in [7, 11) is 0. The van der Waals surface area contributed by atoms with Crippen molar-refractivity contribution >= 4 is 18.0 Å². The molecular weight excluding hydrogens is 270 g/mol. The number of carbonyl (C=O) groups excluding carboxylic acids is 1. The van der Waals surface area contributed by atoms with Crippen molar-refractivity contribution in [2.45, 2.75) is 0 Å². The van der Waals surface area contributed by atoms with Gasteiger partial charge in [0, 0.05) is 11.1 Å². The Balaban J connectivity index is 2.27. The molecule has 5 heteroatoms. The number of para-hydroxylation sites is 1. The number of carboxylic acid groups (broad SMARTS) is 1. The third-order valence-corrected chi connectivity index (χ3v) is 2.75. The summed E-state index contributed by atoms with van der Waals surface area (Å²) in [6.07, 6.45) is 1.21. The zero-order valence-corrected chi connectivity index (χ0v) is 11.0. The van der Waals surface area contributed by atoms with Gasteiger partial charge in [0.15, 0.2) is 0 Å². The second kappa shape index (κ2) is 6.38. The molecule has 0 spiro atoms. The minimum atomic E-state index is -1.29. The van der Waals surface area contributed by atoms with E-state index in [0.717, 1.165) is 0 Å². The number of nitrogens with one attached hydrogen (secondary N) is 1. The van der Waals surface area contributed by atoms with Crippen LogP contribution in [0, 0.1) is 0 Å². The molecule has 0 atom stereocenters. The van der Waals surface area contributed by atoms with Crippen LogP contribution in [0.15, 0.2) is 60.3 Å². The molecule has 2 aromatic carbocycles. The van der Waals surface area contributed by atoms with E-state index in [1.165, 1.54) is 12.1 Å². The van der Waals surface area contributed by atoms with Gasteiger partial charge < -0.3 is 15.5 Å². The van der Waals surface area contributed by atoms with Crippen molar-refractivity contribution in [2.75, 3.05) is 0 Å². The van der Waals surface area contributed by atoms with Gasteiger partial charge in [0.2, 0.25) is 0 Å². The third-order valence-electron chi connectivity index (χ3n) is 2.75. The first-order chi connectivity index (χ1) is 10.1. The minimum Gasteiger partial charge on any atom is -0.507 e. The molecule has 2 rings (SSSR count). The number of amides is 1. The number of phenols is 1. The van der Waals surface area contributed by atoms with Crippen molar-refractivity contribution in [3.8, 4) is 5.75 Å². The molecule has 0 aliphatic carbocycles. The number of rotatable bonds is 4. The number of aromatic hydroxyl groups is 1. The first-order valence-electron chi connectivity index (χ1n) is 6.17. The molecule has 2 aromatic rings. The van der Waals surface area contributed by atoms with E-state index >= 15 is 0 Å². The number of aliphatic carboxylic acids is 1. The number of benzene rings is 2. The Labute approximate surface area is 121 Å². The quantitative estimate of drug-likeness (QED) is 0.751. The van der Waals surface area contributed by atoms with Crippen molar-refractivity contribution in [2.24, 2.45) is 0 Å². The summed E-state index contributed by atoms with van der Waals surface area (Å²) in [4.78, 5) is 23.2. The van der Waals surface area contributed by atoms with Crippen LogP contribution in [-0.2, 0) is 4.79 Å². The fourth-order valence-corrected chi connectivity index (χ4v) is 1.70. The highest BCUT2D eigenvalue weighted by atomic mass is 16.4. The topological polar surface area (TPSA) is 86.6 Å². The van der Waals surface area contributed by atoms with E-state index in [1.807, 2.05) is 0 Å². The van der Waals surface area contributed by atoms with Crippen LogP contribution in [0.2, 0.25) is 0 Å². The second-order valence-electron chi connectivity index (χ2n) is 4.24. The van der Waals surface area contributed by atoms with E-state index in [9.17, 15) is 14.7 Å². The van der Waals surface area contributed by atoms with Gasteiger partial charge in [-0.2, -0.15) is 0 Å². The number of carbonyl (C=O) groups is 2. The number of hydrogen-bond acceptors (Lipinski definition) is 3. The molecule has 0 bridgehead atoms. The fourth-order valence-electron chi connectivity index (χ4n) is 1.70. The van der Waals surface area contributed by atoms with Crippen LogP contribution in [0.3, 0.4) is 0 Å². The lowest BCUT2D eigenvalue weighted by Gasteiger charge is -2.07. The van der Waals surface area contributed by atoms with Crippen molar-refractivity contribution in [3.63, 3.8) is 0 Å². The van der Waals surface area contributed by atoms with Gasteiger partial charge >= 0.3 is 5.97 Å². The standard InChI is InChI=1S/C16H13NO4/c18-14-9-5-4-8-12(14)10-13(16(20)21)17-15(19)11-6-2-1-3-7-11/h1-10,18H,(H,17,19)(H,20,21). The van der Waals surface area contributed by atoms with Gasteiger partial charge in [-0.05, 0) is 24.3 Å². The lowest BCUT2D eigenvalue weighted by molar-refractivity contribution is -0.132. The Morgan fingerprint density at radius 2 is 1.57 bits per heavy atom. The summed E-state index contributed by atoms with van der Waals surface area (Å²) in [6.45, 7) is 0. The van der Waals surface area contributed by atoms with Gasteiger partial charge in [-0.3, -0.25) is 4.79 Å². The Morgan fingerprint density at radius 1 is 0.952 bits per heavy atom. The van der Waals surface area contributed by atoms with Gasteiger partial charge in [0.05, 0.1) is 0 Å². The van der Waals surface area contributed by atoms with E-state index in [-0.39, 0.29) is 11.4 Å². The average Bonchev–Trinajstić information content (AvgIpc) is 2.49. The summed E-state index contributed by atoms with van der Waals surface area (Å²) in [5.74, 6) is -1.88. The van der Waals surface area contributed by atoms with Crippen molar-refractivity contribution < 1.29 is 19.8 Å². The first-order valence-corrected chi connectivity index (χ1v) is 6.17. The largest absolute Gasteiger partial charge is 0.507 e. The highest BCUT2D eigenvalue weighted by Crippen LogP contribution is 2.18. The van der Waals surface area contributed by atoms with Crippen LogP contribution in [0.25, 0.3) is 6.08 Å². The highest BCUT2D eigenvalue weighted by Gasteiger charge is 2.13. The maximum atomic E-state index is 12.0. The Hall–Kier alpha value is -3.08. The third kappa shape index (κ3) is 3.70. The van der Waals surface area contributed by atoms with Crippen LogP contribution >= 0.6 is 0 Å². The van der Waals surface area contributed by atoms with Gasteiger partial charge in [-0.15, -0.1) is 0 Å². The maximum Gasteiger partial charge on any atom is 0.352 e. The van der Waals surface area contributed by atoms with Crippen LogP contribution in [0.5, 0.6) is 5.75 Å².